The summed E-state index contributed by atoms with van der Waals surface area (Å²) in [5.41, 5.74) is 0.222. The summed E-state index contributed by atoms with van der Waals surface area (Å²) in [6.07, 6.45) is 3.04. The first-order valence-corrected chi connectivity index (χ1v) is 8.38. The van der Waals surface area contributed by atoms with Gasteiger partial charge in [-0.2, -0.15) is 0 Å². The molecule has 1 atom stereocenters. The van der Waals surface area contributed by atoms with Crippen molar-refractivity contribution in [3.63, 3.8) is 0 Å². The summed E-state index contributed by atoms with van der Waals surface area (Å²) in [6.45, 7) is 2.93. The van der Waals surface area contributed by atoms with Gasteiger partial charge in [-0.15, -0.1) is 12.4 Å². The topological polar surface area (TPSA) is 96.9 Å². The molecule has 0 spiro atoms. The second-order valence-electron chi connectivity index (χ2n) is 6.08. The molecule has 3 rings (SSSR count). The van der Waals surface area contributed by atoms with Gasteiger partial charge >= 0.3 is 0 Å². The number of hydrogen-bond donors (Lipinski definition) is 1. The molecule has 0 bridgehead atoms. The maximum absolute atomic E-state index is 13.0. The van der Waals surface area contributed by atoms with Crippen LogP contribution in [-0.2, 0) is 4.79 Å². The van der Waals surface area contributed by atoms with Gasteiger partial charge in [-0.1, -0.05) is 0 Å². The molecule has 0 radical (unpaired) electrons. The van der Waals surface area contributed by atoms with Crippen LogP contribution in [0.1, 0.15) is 23.2 Å². The van der Waals surface area contributed by atoms with Crippen molar-refractivity contribution < 1.29 is 19.1 Å². The number of ether oxygens (including phenoxy) is 2. The lowest BCUT2D eigenvalue weighted by molar-refractivity contribution is -0.135. The SMILES string of the molecule is COc1ncnc(OC)c1C(=O)N1CCCC(N2CCNCC2=O)C1.Cl. The van der Waals surface area contributed by atoms with E-state index >= 15 is 0 Å². The minimum Gasteiger partial charge on any atom is -0.480 e. The molecule has 2 aliphatic rings. The van der Waals surface area contributed by atoms with Gasteiger partial charge < -0.3 is 24.6 Å². The molecule has 2 fully saturated rings. The van der Waals surface area contributed by atoms with Crippen LogP contribution in [0, 0.1) is 0 Å². The Bertz CT molecular complexity index is 637. The Morgan fingerprint density at radius 2 is 1.92 bits per heavy atom. The summed E-state index contributed by atoms with van der Waals surface area (Å²) < 4.78 is 10.4. The summed E-state index contributed by atoms with van der Waals surface area (Å²) in [5, 5.41) is 3.07. The van der Waals surface area contributed by atoms with Crippen LogP contribution in [0.25, 0.3) is 0 Å². The quantitative estimate of drug-likeness (QED) is 0.776. The Morgan fingerprint density at radius 3 is 2.54 bits per heavy atom. The molecule has 0 saturated carbocycles. The number of halogens is 1. The van der Waals surface area contributed by atoms with Crippen LogP contribution in [-0.4, -0.2) is 84.6 Å². The molecule has 3 heterocycles. The van der Waals surface area contributed by atoms with Crippen LogP contribution >= 0.6 is 12.4 Å². The number of carbonyl (C=O) groups is 2. The van der Waals surface area contributed by atoms with Crippen molar-refractivity contribution in [3.8, 4) is 11.8 Å². The minimum absolute atomic E-state index is 0. The van der Waals surface area contributed by atoms with Gasteiger partial charge in [0.15, 0.2) is 5.56 Å². The zero-order valence-electron chi connectivity index (χ0n) is 14.9. The summed E-state index contributed by atoms with van der Waals surface area (Å²) >= 11 is 0. The van der Waals surface area contributed by atoms with Crippen LogP contribution in [0.2, 0.25) is 0 Å². The summed E-state index contributed by atoms with van der Waals surface area (Å²) in [5.74, 6) is 0.236. The van der Waals surface area contributed by atoms with E-state index in [2.05, 4.69) is 15.3 Å². The molecule has 9 nitrogen and oxygen atoms in total. The van der Waals surface area contributed by atoms with E-state index in [9.17, 15) is 9.59 Å². The lowest BCUT2D eigenvalue weighted by Gasteiger charge is -2.41. The maximum Gasteiger partial charge on any atom is 0.264 e. The highest BCUT2D eigenvalue weighted by Crippen LogP contribution is 2.27. The van der Waals surface area contributed by atoms with Crippen LogP contribution in [0.5, 0.6) is 11.8 Å². The lowest BCUT2D eigenvalue weighted by Crippen LogP contribution is -2.57. The van der Waals surface area contributed by atoms with Gasteiger partial charge in [-0.05, 0) is 12.8 Å². The Kier molecular flexibility index (Phi) is 6.98. The van der Waals surface area contributed by atoms with E-state index in [4.69, 9.17) is 9.47 Å². The van der Waals surface area contributed by atoms with E-state index < -0.39 is 0 Å². The Hall–Kier alpha value is -2.13. The molecule has 144 valence electrons. The van der Waals surface area contributed by atoms with Crippen molar-refractivity contribution in [2.24, 2.45) is 0 Å². The molecule has 2 aliphatic heterocycles. The van der Waals surface area contributed by atoms with E-state index in [0.29, 0.717) is 26.2 Å². The number of rotatable bonds is 4. The highest BCUT2D eigenvalue weighted by molar-refractivity contribution is 5.98. The van der Waals surface area contributed by atoms with Gasteiger partial charge in [0, 0.05) is 32.2 Å². The Balaban J connectivity index is 0.00000243. The van der Waals surface area contributed by atoms with Crippen LogP contribution in [0.3, 0.4) is 0 Å². The van der Waals surface area contributed by atoms with Gasteiger partial charge in [0.2, 0.25) is 17.7 Å². The number of amides is 2. The fourth-order valence-electron chi connectivity index (χ4n) is 3.41. The monoisotopic (exact) mass is 385 g/mol. The number of nitrogens with one attached hydrogen (secondary N) is 1. The van der Waals surface area contributed by atoms with Gasteiger partial charge in [0.05, 0.1) is 20.8 Å². The normalized spacial score (nSPS) is 20.4. The molecule has 1 N–H and O–H groups in total. The number of nitrogens with zero attached hydrogens (tertiary/aromatic N) is 4. The van der Waals surface area contributed by atoms with Gasteiger partial charge in [0.25, 0.3) is 5.91 Å². The third-order valence-corrected chi connectivity index (χ3v) is 4.63. The number of piperazine rings is 1. The number of aromatic nitrogens is 2. The fraction of sp³-hybridized carbons (Fsp3) is 0.625. The van der Waals surface area contributed by atoms with E-state index in [1.807, 2.05) is 4.90 Å². The van der Waals surface area contributed by atoms with E-state index in [0.717, 1.165) is 19.4 Å². The molecule has 1 aromatic rings. The molecule has 2 amide bonds. The zero-order valence-corrected chi connectivity index (χ0v) is 15.8. The average Bonchev–Trinajstić information content (AvgIpc) is 2.67. The fourth-order valence-corrected chi connectivity index (χ4v) is 3.41. The summed E-state index contributed by atoms with van der Waals surface area (Å²) in [4.78, 5) is 36.8. The second kappa shape index (κ2) is 9.00. The zero-order chi connectivity index (χ0) is 17.8. The van der Waals surface area contributed by atoms with E-state index in [-0.39, 0.29) is 47.6 Å². The smallest absolute Gasteiger partial charge is 0.264 e. The first kappa shape index (κ1) is 20.2. The molecule has 10 heteroatoms. The predicted molar refractivity (Wildman–Crippen MR) is 95.9 cm³/mol. The molecule has 0 aromatic carbocycles. The lowest BCUT2D eigenvalue weighted by atomic mass is 10.0. The molecule has 1 aromatic heterocycles. The minimum atomic E-state index is -0.235. The number of hydrogen-bond acceptors (Lipinski definition) is 7. The third kappa shape index (κ3) is 3.99. The highest BCUT2D eigenvalue weighted by atomic mass is 35.5. The Morgan fingerprint density at radius 1 is 1.23 bits per heavy atom. The van der Waals surface area contributed by atoms with Crippen LogP contribution in [0.4, 0.5) is 0 Å². The van der Waals surface area contributed by atoms with E-state index in [1.54, 1.807) is 4.90 Å². The Labute approximate surface area is 158 Å². The van der Waals surface area contributed by atoms with Crippen molar-refractivity contribution in [1.29, 1.82) is 0 Å². The van der Waals surface area contributed by atoms with Crippen molar-refractivity contribution in [2.45, 2.75) is 18.9 Å². The molecule has 26 heavy (non-hydrogen) atoms. The van der Waals surface area contributed by atoms with Crippen molar-refractivity contribution >= 4 is 24.2 Å². The molecule has 2 saturated heterocycles. The second-order valence-corrected chi connectivity index (χ2v) is 6.08. The van der Waals surface area contributed by atoms with E-state index in [1.165, 1.54) is 20.5 Å². The molecule has 0 aliphatic carbocycles. The number of likely N-dealkylation sites (tertiary alicyclic amines) is 1. The maximum atomic E-state index is 13.0. The molecular weight excluding hydrogens is 362 g/mol. The predicted octanol–water partition coefficient (Wildman–Crippen LogP) is -0.0480. The molecule has 1 unspecified atom stereocenters. The van der Waals surface area contributed by atoms with Crippen molar-refractivity contribution in [2.75, 3.05) is 46.9 Å². The van der Waals surface area contributed by atoms with Gasteiger partial charge in [-0.3, -0.25) is 9.59 Å². The van der Waals surface area contributed by atoms with Crippen LogP contribution in [0.15, 0.2) is 6.33 Å². The van der Waals surface area contributed by atoms with Gasteiger partial charge in [0.1, 0.15) is 6.33 Å². The third-order valence-electron chi connectivity index (χ3n) is 4.63. The average molecular weight is 386 g/mol. The first-order valence-electron chi connectivity index (χ1n) is 8.38. The molecular formula is C16H24ClN5O4. The van der Waals surface area contributed by atoms with Crippen molar-refractivity contribution in [3.05, 3.63) is 11.9 Å². The summed E-state index contributed by atoms with van der Waals surface area (Å²) in [7, 11) is 2.91. The summed E-state index contributed by atoms with van der Waals surface area (Å²) in [6, 6.07) is 0.0360. The number of piperidine rings is 1. The standard InChI is InChI=1S/C16H23N5O4.ClH/c1-24-14-13(15(25-2)19-10-18-14)16(23)20-6-3-4-11(9-20)21-7-5-17-8-12(21)22;/h10-11,17H,3-9H2,1-2H3;1H. The largest absolute Gasteiger partial charge is 0.480 e. The van der Waals surface area contributed by atoms with Gasteiger partial charge in [-0.25, -0.2) is 9.97 Å². The number of methoxy groups -OCH3 is 2. The highest BCUT2D eigenvalue weighted by Gasteiger charge is 2.34. The van der Waals surface area contributed by atoms with Crippen molar-refractivity contribution in [1.82, 2.24) is 25.1 Å². The van der Waals surface area contributed by atoms with Crippen LogP contribution < -0.4 is 14.8 Å². The number of carbonyl (C=O) groups excluding carboxylic acids is 2. The first-order chi connectivity index (χ1) is 12.2.